The fourth-order valence-electron chi connectivity index (χ4n) is 3.16. The SMILES string of the molecule is CCCOc1cc(-c2ccc(C=O)cc2)c(OCCC)cc1-c1ccc(C=O)cc1. The van der Waals surface area contributed by atoms with Gasteiger partial charge in [-0.25, -0.2) is 0 Å². The third-order valence-electron chi connectivity index (χ3n) is 4.72. The fraction of sp³-hybridized carbons (Fsp3) is 0.231. The van der Waals surface area contributed by atoms with Gasteiger partial charge in [-0.05, 0) is 36.1 Å². The molecule has 30 heavy (non-hydrogen) atoms. The molecule has 0 bridgehead atoms. The lowest BCUT2D eigenvalue weighted by molar-refractivity contribution is 0.111. The van der Waals surface area contributed by atoms with Crippen LogP contribution in [0.1, 0.15) is 47.4 Å². The van der Waals surface area contributed by atoms with Gasteiger partial charge in [-0.15, -0.1) is 0 Å². The Hall–Kier alpha value is -3.40. The third-order valence-corrected chi connectivity index (χ3v) is 4.72. The number of aldehydes is 2. The lowest BCUT2D eigenvalue weighted by Crippen LogP contribution is -2.01. The third kappa shape index (κ3) is 4.95. The Kier molecular flexibility index (Phi) is 7.39. The number of carbonyl (C=O) groups excluding carboxylic acids is 2. The highest BCUT2D eigenvalue weighted by atomic mass is 16.5. The molecule has 0 atom stereocenters. The normalized spacial score (nSPS) is 10.5. The van der Waals surface area contributed by atoms with Gasteiger partial charge < -0.3 is 9.47 Å². The Labute approximate surface area is 177 Å². The molecule has 3 aromatic rings. The quantitative estimate of drug-likeness (QED) is 0.378. The smallest absolute Gasteiger partial charge is 0.150 e. The maximum atomic E-state index is 11.0. The minimum Gasteiger partial charge on any atom is -0.493 e. The van der Waals surface area contributed by atoms with E-state index in [4.69, 9.17) is 9.47 Å². The molecule has 0 radical (unpaired) electrons. The number of rotatable bonds is 10. The molecule has 0 spiro atoms. The lowest BCUT2D eigenvalue weighted by Gasteiger charge is -2.18. The van der Waals surface area contributed by atoms with E-state index in [-0.39, 0.29) is 0 Å². The zero-order valence-electron chi connectivity index (χ0n) is 17.4. The molecule has 0 N–H and O–H groups in total. The summed E-state index contributed by atoms with van der Waals surface area (Å²) in [6.45, 7) is 5.32. The van der Waals surface area contributed by atoms with Crippen LogP contribution in [0.4, 0.5) is 0 Å². The van der Waals surface area contributed by atoms with Crippen LogP contribution in [0.15, 0.2) is 60.7 Å². The van der Waals surface area contributed by atoms with Crippen molar-refractivity contribution in [3.8, 4) is 33.8 Å². The standard InChI is InChI=1S/C26H26O4/c1-3-13-29-25-15-24(22-11-7-20(18-28)8-12-22)26(30-14-4-2)16-23(25)21-9-5-19(17-27)6-10-21/h5-12,15-18H,3-4,13-14H2,1-2H3. The maximum absolute atomic E-state index is 11.0. The Morgan fingerprint density at radius 3 is 1.30 bits per heavy atom. The van der Waals surface area contributed by atoms with E-state index in [0.717, 1.165) is 59.2 Å². The Bertz CT molecular complexity index is 906. The predicted octanol–water partition coefficient (Wildman–Crippen LogP) is 6.22. The van der Waals surface area contributed by atoms with Crippen LogP contribution in [-0.4, -0.2) is 25.8 Å². The molecule has 3 aromatic carbocycles. The first-order valence-electron chi connectivity index (χ1n) is 10.2. The predicted molar refractivity (Wildman–Crippen MR) is 120 cm³/mol. The van der Waals surface area contributed by atoms with Crippen molar-refractivity contribution in [1.29, 1.82) is 0 Å². The average Bonchev–Trinajstić information content (AvgIpc) is 2.81. The van der Waals surface area contributed by atoms with E-state index in [9.17, 15) is 9.59 Å². The summed E-state index contributed by atoms with van der Waals surface area (Å²) in [7, 11) is 0. The fourth-order valence-corrected chi connectivity index (χ4v) is 3.16. The minimum atomic E-state index is 0.595. The van der Waals surface area contributed by atoms with Crippen LogP contribution in [0.25, 0.3) is 22.3 Å². The van der Waals surface area contributed by atoms with E-state index in [0.29, 0.717) is 24.3 Å². The van der Waals surface area contributed by atoms with Crippen molar-refractivity contribution in [3.63, 3.8) is 0 Å². The van der Waals surface area contributed by atoms with Crippen molar-refractivity contribution in [3.05, 3.63) is 71.8 Å². The second-order valence-electron chi connectivity index (χ2n) is 7.02. The van der Waals surface area contributed by atoms with Crippen LogP contribution >= 0.6 is 0 Å². The molecule has 0 aliphatic carbocycles. The molecule has 0 aromatic heterocycles. The van der Waals surface area contributed by atoms with Gasteiger partial charge in [0.05, 0.1) is 13.2 Å². The largest absolute Gasteiger partial charge is 0.493 e. The average molecular weight is 402 g/mol. The molecule has 0 saturated carbocycles. The summed E-state index contributed by atoms with van der Waals surface area (Å²) >= 11 is 0. The highest BCUT2D eigenvalue weighted by Crippen LogP contribution is 2.41. The number of carbonyl (C=O) groups is 2. The zero-order chi connectivity index (χ0) is 21.3. The van der Waals surface area contributed by atoms with Crippen LogP contribution in [0, 0.1) is 0 Å². The first-order chi connectivity index (χ1) is 14.7. The van der Waals surface area contributed by atoms with Gasteiger partial charge >= 0.3 is 0 Å². The van der Waals surface area contributed by atoms with E-state index in [1.54, 1.807) is 24.3 Å². The molecule has 0 aliphatic heterocycles. The number of benzene rings is 3. The highest BCUT2D eigenvalue weighted by Gasteiger charge is 2.16. The highest BCUT2D eigenvalue weighted by molar-refractivity contribution is 5.84. The van der Waals surface area contributed by atoms with Gasteiger partial charge in [-0.3, -0.25) is 9.59 Å². The first kappa shape index (κ1) is 21.3. The molecule has 0 saturated heterocycles. The van der Waals surface area contributed by atoms with Crippen molar-refractivity contribution in [2.24, 2.45) is 0 Å². The van der Waals surface area contributed by atoms with Crippen LogP contribution in [-0.2, 0) is 0 Å². The summed E-state index contributed by atoms with van der Waals surface area (Å²) in [4.78, 5) is 22.0. The van der Waals surface area contributed by atoms with Crippen LogP contribution in [0.2, 0.25) is 0 Å². The monoisotopic (exact) mass is 402 g/mol. The first-order valence-corrected chi connectivity index (χ1v) is 10.2. The van der Waals surface area contributed by atoms with Gasteiger partial charge in [0.15, 0.2) is 0 Å². The summed E-state index contributed by atoms with van der Waals surface area (Å²) in [6.07, 6.45) is 3.45. The molecule has 4 nitrogen and oxygen atoms in total. The van der Waals surface area contributed by atoms with Gasteiger partial charge in [-0.2, -0.15) is 0 Å². The van der Waals surface area contributed by atoms with E-state index >= 15 is 0 Å². The second-order valence-corrected chi connectivity index (χ2v) is 7.02. The second kappa shape index (κ2) is 10.4. The molecular weight excluding hydrogens is 376 g/mol. The number of hydrogen-bond acceptors (Lipinski definition) is 4. The van der Waals surface area contributed by atoms with Crippen molar-refractivity contribution in [2.45, 2.75) is 26.7 Å². The molecule has 0 amide bonds. The molecule has 0 fully saturated rings. The minimum absolute atomic E-state index is 0.595. The van der Waals surface area contributed by atoms with E-state index in [1.807, 2.05) is 36.4 Å². The summed E-state index contributed by atoms with van der Waals surface area (Å²) in [6, 6.07) is 18.9. The van der Waals surface area contributed by atoms with Gasteiger partial charge in [0.2, 0.25) is 0 Å². The Balaban J connectivity index is 2.14. The number of ether oxygens (including phenoxy) is 2. The Morgan fingerprint density at radius 1 is 0.633 bits per heavy atom. The van der Waals surface area contributed by atoms with Crippen LogP contribution < -0.4 is 9.47 Å². The van der Waals surface area contributed by atoms with Crippen LogP contribution in [0.5, 0.6) is 11.5 Å². The number of hydrogen-bond donors (Lipinski definition) is 0. The molecule has 0 aliphatic rings. The van der Waals surface area contributed by atoms with E-state index in [1.165, 1.54) is 0 Å². The van der Waals surface area contributed by atoms with Crippen LogP contribution in [0.3, 0.4) is 0 Å². The van der Waals surface area contributed by atoms with Gasteiger partial charge in [0.25, 0.3) is 0 Å². The molecule has 0 heterocycles. The molecule has 3 rings (SSSR count). The maximum Gasteiger partial charge on any atom is 0.150 e. The topological polar surface area (TPSA) is 52.6 Å². The van der Waals surface area contributed by atoms with Gasteiger partial charge in [0, 0.05) is 22.3 Å². The molecule has 154 valence electrons. The summed E-state index contributed by atoms with van der Waals surface area (Å²) in [5.41, 5.74) is 5.00. The van der Waals surface area contributed by atoms with E-state index in [2.05, 4.69) is 13.8 Å². The summed E-state index contributed by atoms with van der Waals surface area (Å²) in [5, 5.41) is 0. The Morgan fingerprint density at radius 2 is 1.00 bits per heavy atom. The molecular formula is C26H26O4. The van der Waals surface area contributed by atoms with Crippen molar-refractivity contribution >= 4 is 12.6 Å². The zero-order valence-corrected chi connectivity index (χ0v) is 17.4. The molecule has 0 unspecified atom stereocenters. The van der Waals surface area contributed by atoms with Crippen molar-refractivity contribution in [1.82, 2.24) is 0 Å². The summed E-state index contributed by atoms with van der Waals surface area (Å²) in [5.74, 6) is 1.52. The summed E-state index contributed by atoms with van der Waals surface area (Å²) < 4.78 is 12.2. The van der Waals surface area contributed by atoms with Gasteiger partial charge in [0.1, 0.15) is 24.1 Å². The van der Waals surface area contributed by atoms with Crippen molar-refractivity contribution < 1.29 is 19.1 Å². The van der Waals surface area contributed by atoms with E-state index < -0.39 is 0 Å². The molecule has 4 heteroatoms. The van der Waals surface area contributed by atoms with Crippen molar-refractivity contribution in [2.75, 3.05) is 13.2 Å². The van der Waals surface area contributed by atoms with Gasteiger partial charge in [-0.1, -0.05) is 62.4 Å². The lowest BCUT2D eigenvalue weighted by atomic mass is 9.97.